The molecule has 0 aliphatic rings. The highest BCUT2D eigenvalue weighted by Crippen LogP contribution is 2.29. The molecule has 0 unspecified atom stereocenters. The van der Waals surface area contributed by atoms with Gasteiger partial charge in [0, 0.05) is 30.2 Å². The molecule has 2 aromatic heterocycles. The van der Waals surface area contributed by atoms with E-state index >= 15 is 0 Å². The molecule has 0 fully saturated rings. The Balaban J connectivity index is 1.51. The van der Waals surface area contributed by atoms with Gasteiger partial charge in [-0.15, -0.1) is 0 Å². The maximum Gasteiger partial charge on any atom is 0.229 e. The second-order valence-electron chi connectivity index (χ2n) is 7.05. The molecule has 3 N–H and O–H groups in total. The van der Waals surface area contributed by atoms with Crippen molar-refractivity contribution in [3.05, 3.63) is 59.6 Å². The van der Waals surface area contributed by atoms with Crippen LogP contribution in [0.4, 0.5) is 27.5 Å². The standard InChI is InChI=1S/C22H21ClFN7O2/c1-25-20(32)7-8-31-18-5-3-14(9-13(18)11-27-31)29-22-26-12-17(24)21(30-22)28-15-4-6-19(33-2)16(23)10-15/h3-6,9-12H,7-8H2,1-2H3,(H,25,32)(H2,26,28,29,30). The number of methoxy groups -OCH3 is 1. The van der Waals surface area contributed by atoms with Gasteiger partial charge in [-0.1, -0.05) is 11.6 Å². The summed E-state index contributed by atoms with van der Waals surface area (Å²) in [6.07, 6.45) is 3.14. The summed E-state index contributed by atoms with van der Waals surface area (Å²) in [5.41, 5.74) is 2.15. The molecular weight excluding hydrogens is 449 g/mol. The lowest BCUT2D eigenvalue weighted by atomic mass is 10.2. The molecule has 9 nitrogen and oxygen atoms in total. The van der Waals surface area contributed by atoms with Gasteiger partial charge in [-0.2, -0.15) is 10.1 Å². The van der Waals surface area contributed by atoms with Crippen molar-refractivity contribution in [2.24, 2.45) is 0 Å². The van der Waals surface area contributed by atoms with E-state index in [1.54, 1.807) is 36.1 Å². The number of nitrogens with one attached hydrogen (secondary N) is 3. The first-order chi connectivity index (χ1) is 16.0. The predicted octanol–water partition coefficient (Wildman–Crippen LogP) is 4.25. The van der Waals surface area contributed by atoms with Gasteiger partial charge in [0.2, 0.25) is 11.9 Å². The van der Waals surface area contributed by atoms with Crippen molar-refractivity contribution in [3.63, 3.8) is 0 Å². The van der Waals surface area contributed by atoms with Crippen molar-refractivity contribution >= 4 is 51.6 Å². The Labute approximate surface area is 193 Å². The first-order valence-corrected chi connectivity index (χ1v) is 10.4. The van der Waals surface area contributed by atoms with Gasteiger partial charge in [-0.25, -0.2) is 9.37 Å². The third-order valence-electron chi connectivity index (χ3n) is 4.89. The molecule has 11 heteroatoms. The average molecular weight is 470 g/mol. The van der Waals surface area contributed by atoms with Crippen LogP contribution in [0.2, 0.25) is 5.02 Å². The van der Waals surface area contributed by atoms with Gasteiger partial charge in [0.25, 0.3) is 0 Å². The van der Waals surface area contributed by atoms with Crippen LogP contribution in [0.1, 0.15) is 6.42 Å². The molecule has 0 atom stereocenters. The van der Waals surface area contributed by atoms with E-state index in [1.165, 1.54) is 7.11 Å². The molecule has 0 aliphatic heterocycles. The van der Waals surface area contributed by atoms with E-state index in [2.05, 4.69) is 31.0 Å². The van der Waals surface area contributed by atoms with Gasteiger partial charge in [0.1, 0.15) is 5.75 Å². The predicted molar refractivity (Wildman–Crippen MR) is 125 cm³/mol. The number of carbonyl (C=O) groups excluding carboxylic acids is 1. The summed E-state index contributed by atoms with van der Waals surface area (Å²) >= 11 is 6.14. The van der Waals surface area contributed by atoms with Crippen LogP contribution in [0.15, 0.2) is 48.8 Å². The van der Waals surface area contributed by atoms with Crippen LogP contribution in [0.25, 0.3) is 10.9 Å². The number of halogens is 2. The van der Waals surface area contributed by atoms with Crippen molar-refractivity contribution in [2.75, 3.05) is 24.8 Å². The smallest absolute Gasteiger partial charge is 0.229 e. The average Bonchev–Trinajstić information content (AvgIpc) is 3.22. The number of nitrogens with zero attached hydrogens (tertiary/aromatic N) is 4. The minimum Gasteiger partial charge on any atom is -0.495 e. The fourth-order valence-electron chi connectivity index (χ4n) is 3.20. The SMILES string of the molecule is CNC(=O)CCn1ncc2cc(Nc3ncc(F)c(Nc4ccc(OC)c(Cl)c4)n3)ccc21. The molecule has 4 aromatic rings. The Morgan fingerprint density at radius 3 is 2.70 bits per heavy atom. The summed E-state index contributed by atoms with van der Waals surface area (Å²) in [4.78, 5) is 19.7. The van der Waals surface area contributed by atoms with Crippen LogP contribution < -0.4 is 20.7 Å². The number of fused-ring (bicyclic) bond motifs is 1. The zero-order valence-corrected chi connectivity index (χ0v) is 18.7. The molecule has 0 spiro atoms. The van der Waals surface area contributed by atoms with Crippen LogP contribution in [0.5, 0.6) is 5.75 Å². The van der Waals surface area contributed by atoms with E-state index in [4.69, 9.17) is 16.3 Å². The number of rotatable bonds is 8. The Morgan fingerprint density at radius 1 is 1.15 bits per heavy atom. The van der Waals surface area contributed by atoms with Gasteiger partial charge in [-0.05, 0) is 36.4 Å². The number of benzene rings is 2. The van der Waals surface area contributed by atoms with Crippen LogP contribution in [-0.4, -0.2) is 39.8 Å². The van der Waals surface area contributed by atoms with Gasteiger partial charge in [-0.3, -0.25) is 9.48 Å². The molecule has 33 heavy (non-hydrogen) atoms. The minimum absolute atomic E-state index is 0.00293. The molecule has 0 saturated heterocycles. The van der Waals surface area contributed by atoms with E-state index in [-0.39, 0.29) is 17.7 Å². The summed E-state index contributed by atoms with van der Waals surface area (Å²) < 4.78 is 21.2. The molecule has 0 radical (unpaired) electrons. The fraction of sp³-hybridized carbons (Fsp3) is 0.182. The zero-order valence-electron chi connectivity index (χ0n) is 17.9. The number of anilines is 4. The molecular formula is C22H21ClFN7O2. The maximum atomic E-state index is 14.3. The van der Waals surface area contributed by atoms with E-state index in [9.17, 15) is 9.18 Å². The largest absolute Gasteiger partial charge is 0.495 e. The normalized spacial score (nSPS) is 10.8. The van der Waals surface area contributed by atoms with Crippen molar-refractivity contribution in [1.29, 1.82) is 0 Å². The number of aromatic nitrogens is 4. The number of amides is 1. The summed E-state index contributed by atoms with van der Waals surface area (Å²) in [5, 5.41) is 14.2. The monoisotopic (exact) mass is 469 g/mol. The van der Waals surface area contributed by atoms with E-state index < -0.39 is 5.82 Å². The number of ether oxygens (including phenoxy) is 1. The van der Waals surface area contributed by atoms with Crippen LogP contribution in [0, 0.1) is 5.82 Å². The maximum absolute atomic E-state index is 14.3. The fourth-order valence-corrected chi connectivity index (χ4v) is 3.46. The Hall–Kier alpha value is -3.92. The Morgan fingerprint density at radius 2 is 1.94 bits per heavy atom. The highest BCUT2D eigenvalue weighted by molar-refractivity contribution is 6.32. The van der Waals surface area contributed by atoms with Gasteiger partial charge < -0.3 is 20.7 Å². The second kappa shape index (κ2) is 9.70. The highest BCUT2D eigenvalue weighted by atomic mass is 35.5. The molecule has 1 amide bonds. The Bertz CT molecular complexity index is 1310. The van der Waals surface area contributed by atoms with Gasteiger partial charge >= 0.3 is 0 Å². The molecule has 170 valence electrons. The lowest BCUT2D eigenvalue weighted by Crippen LogP contribution is -2.19. The highest BCUT2D eigenvalue weighted by Gasteiger charge is 2.11. The summed E-state index contributed by atoms with van der Waals surface area (Å²) in [6, 6.07) is 10.6. The number of carbonyl (C=O) groups is 1. The number of aryl methyl sites for hydroxylation is 1. The van der Waals surface area contributed by atoms with Crippen molar-refractivity contribution in [1.82, 2.24) is 25.1 Å². The summed E-state index contributed by atoms with van der Waals surface area (Å²) in [5.74, 6) is 0.0637. The number of hydrogen-bond acceptors (Lipinski definition) is 7. The number of hydrogen-bond donors (Lipinski definition) is 3. The zero-order chi connectivity index (χ0) is 23.4. The lowest BCUT2D eigenvalue weighted by molar-refractivity contribution is -0.120. The van der Waals surface area contributed by atoms with Crippen molar-refractivity contribution in [3.8, 4) is 5.75 Å². The summed E-state index contributed by atoms with van der Waals surface area (Å²) in [6.45, 7) is 0.474. The van der Waals surface area contributed by atoms with E-state index in [0.717, 1.165) is 17.1 Å². The van der Waals surface area contributed by atoms with Crippen LogP contribution in [-0.2, 0) is 11.3 Å². The summed E-state index contributed by atoms with van der Waals surface area (Å²) in [7, 11) is 3.12. The molecule has 2 heterocycles. The molecule has 4 rings (SSSR count). The molecule has 0 bridgehead atoms. The Kier molecular flexibility index (Phi) is 6.55. The van der Waals surface area contributed by atoms with E-state index in [0.29, 0.717) is 35.1 Å². The third-order valence-corrected chi connectivity index (χ3v) is 5.18. The van der Waals surface area contributed by atoms with E-state index in [1.807, 2.05) is 18.2 Å². The van der Waals surface area contributed by atoms with Gasteiger partial charge in [0.05, 0.1) is 36.6 Å². The lowest BCUT2D eigenvalue weighted by Gasteiger charge is -2.11. The quantitative estimate of drug-likeness (QED) is 0.354. The van der Waals surface area contributed by atoms with Gasteiger partial charge in [0.15, 0.2) is 11.6 Å². The van der Waals surface area contributed by atoms with Crippen LogP contribution >= 0.6 is 11.6 Å². The molecule has 0 saturated carbocycles. The first-order valence-electron chi connectivity index (χ1n) is 10.0. The third kappa shape index (κ3) is 5.12. The minimum atomic E-state index is -0.611. The molecule has 2 aromatic carbocycles. The van der Waals surface area contributed by atoms with Crippen LogP contribution in [0.3, 0.4) is 0 Å². The first kappa shape index (κ1) is 22.3. The van der Waals surface area contributed by atoms with Crippen molar-refractivity contribution < 1.29 is 13.9 Å². The topological polar surface area (TPSA) is 106 Å². The molecule has 0 aliphatic carbocycles. The second-order valence-corrected chi connectivity index (χ2v) is 7.46. The van der Waals surface area contributed by atoms with Crippen molar-refractivity contribution in [2.45, 2.75) is 13.0 Å².